The van der Waals surface area contributed by atoms with Gasteiger partial charge in [-0.15, -0.1) is 0 Å². The predicted molar refractivity (Wildman–Crippen MR) is 71.3 cm³/mol. The molecule has 0 amide bonds. The summed E-state index contributed by atoms with van der Waals surface area (Å²) < 4.78 is 1.98. The molecule has 0 fully saturated rings. The Morgan fingerprint density at radius 1 is 1.56 bits per heavy atom. The highest BCUT2D eigenvalue weighted by atomic mass is 32.2. The van der Waals surface area contributed by atoms with E-state index in [4.69, 9.17) is 0 Å². The first-order valence-electron chi connectivity index (χ1n) is 5.55. The van der Waals surface area contributed by atoms with Crippen molar-refractivity contribution >= 4 is 23.2 Å². The van der Waals surface area contributed by atoms with Crippen molar-refractivity contribution in [2.75, 3.05) is 18.1 Å². The van der Waals surface area contributed by atoms with Crippen molar-refractivity contribution in [1.29, 1.82) is 0 Å². The second-order valence-electron chi connectivity index (χ2n) is 3.85. The van der Waals surface area contributed by atoms with Crippen LogP contribution in [0.5, 0.6) is 0 Å². The maximum Gasteiger partial charge on any atom is 0.150 e. The second kappa shape index (κ2) is 5.99. The monoisotopic (exact) mass is 240 g/mol. The van der Waals surface area contributed by atoms with Crippen LogP contribution in [0, 0.1) is 0 Å². The number of nitrogens with one attached hydrogen (secondary N) is 1. The lowest BCUT2D eigenvalue weighted by molar-refractivity contribution is -0.117. The van der Waals surface area contributed by atoms with Crippen LogP contribution in [-0.2, 0) is 18.3 Å². The van der Waals surface area contributed by atoms with Gasteiger partial charge in [-0.1, -0.05) is 6.92 Å². The number of nitrogens with zero attached hydrogens (tertiary/aromatic N) is 1. The van der Waals surface area contributed by atoms with Gasteiger partial charge >= 0.3 is 0 Å². The third-order valence-electron chi connectivity index (χ3n) is 2.54. The number of aryl methyl sites for hydroxylation is 1. The van der Waals surface area contributed by atoms with Crippen molar-refractivity contribution in [3.63, 3.8) is 0 Å². The zero-order valence-electron chi connectivity index (χ0n) is 10.4. The molecule has 3 nitrogen and oxygen atoms in total. The fraction of sp³-hybridized carbons (Fsp3) is 0.583. The van der Waals surface area contributed by atoms with E-state index in [-0.39, 0.29) is 5.25 Å². The average molecular weight is 240 g/mol. The fourth-order valence-corrected chi connectivity index (χ4v) is 2.45. The lowest BCUT2D eigenvalue weighted by Crippen LogP contribution is -2.16. The Morgan fingerprint density at radius 2 is 2.25 bits per heavy atom. The van der Waals surface area contributed by atoms with E-state index in [2.05, 4.69) is 12.2 Å². The van der Waals surface area contributed by atoms with E-state index in [0.717, 1.165) is 17.0 Å². The molecule has 1 atom stereocenters. The molecule has 0 aromatic carbocycles. The van der Waals surface area contributed by atoms with Crippen molar-refractivity contribution in [2.24, 2.45) is 7.05 Å². The van der Waals surface area contributed by atoms with E-state index in [9.17, 15) is 4.79 Å². The van der Waals surface area contributed by atoms with Crippen LogP contribution in [0.15, 0.2) is 12.4 Å². The van der Waals surface area contributed by atoms with Gasteiger partial charge in [-0.05, 0) is 12.7 Å². The molecule has 16 heavy (non-hydrogen) atoms. The van der Waals surface area contributed by atoms with Gasteiger partial charge in [0.05, 0.1) is 10.9 Å². The SMILES string of the molecule is CCSC(C)C(=O)Cc1cn(C)cc1NC. The predicted octanol–water partition coefficient (Wildman–Crippen LogP) is 2.32. The molecule has 0 spiro atoms. The summed E-state index contributed by atoms with van der Waals surface area (Å²) in [5, 5.41) is 3.21. The van der Waals surface area contributed by atoms with Crippen LogP contribution in [0.25, 0.3) is 0 Å². The van der Waals surface area contributed by atoms with E-state index < -0.39 is 0 Å². The van der Waals surface area contributed by atoms with Gasteiger partial charge < -0.3 is 9.88 Å². The molecule has 4 heteroatoms. The second-order valence-corrected chi connectivity index (χ2v) is 5.47. The molecule has 1 heterocycles. The van der Waals surface area contributed by atoms with Crippen LogP contribution < -0.4 is 5.32 Å². The van der Waals surface area contributed by atoms with Gasteiger partial charge in [0.1, 0.15) is 5.78 Å². The molecule has 0 aliphatic heterocycles. The topological polar surface area (TPSA) is 34.0 Å². The van der Waals surface area contributed by atoms with Crippen molar-refractivity contribution in [3.05, 3.63) is 18.0 Å². The Morgan fingerprint density at radius 3 is 2.81 bits per heavy atom. The van der Waals surface area contributed by atoms with Crippen LogP contribution >= 0.6 is 11.8 Å². The van der Waals surface area contributed by atoms with Crippen LogP contribution in [0.2, 0.25) is 0 Å². The molecule has 0 bridgehead atoms. The van der Waals surface area contributed by atoms with Crippen LogP contribution in [0.4, 0.5) is 5.69 Å². The number of anilines is 1. The number of aromatic nitrogens is 1. The van der Waals surface area contributed by atoms with E-state index in [1.54, 1.807) is 11.8 Å². The molecule has 1 aromatic rings. The van der Waals surface area contributed by atoms with Gasteiger partial charge in [0.2, 0.25) is 0 Å². The number of carbonyl (C=O) groups is 1. The number of thioether (sulfide) groups is 1. The molecule has 0 aliphatic carbocycles. The molecule has 1 rings (SSSR count). The number of rotatable bonds is 6. The van der Waals surface area contributed by atoms with Crippen molar-refractivity contribution in [1.82, 2.24) is 4.57 Å². The Hall–Kier alpha value is -0.900. The number of Topliss-reactive ketones (excluding diaryl/α,β-unsaturated/α-hetero) is 1. The lowest BCUT2D eigenvalue weighted by Gasteiger charge is -2.08. The van der Waals surface area contributed by atoms with E-state index in [1.807, 2.05) is 38.0 Å². The average Bonchev–Trinajstić information content (AvgIpc) is 2.59. The van der Waals surface area contributed by atoms with Gasteiger partial charge in [0.15, 0.2) is 0 Å². The van der Waals surface area contributed by atoms with Gasteiger partial charge in [0.25, 0.3) is 0 Å². The van der Waals surface area contributed by atoms with Crippen LogP contribution in [-0.4, -0.2) is 28.4 Å². The quantitative estimate of drug-likeness (QED) is 0.828. The standard InChI is InChI=1S/C12H20N2OS/c1-5-16-9(2)12(15)6-10-7-14(4)8-11(10)13-3/h7-9,13H,5-6H2,1-4H3. The zero-order valence-corrected chi connectivity index (χ0v) is 11.2. The Bertz CT molecular complexity index is 360. The number of ketones is 1. The normalized spacial score (nSPS) is 12.5. The Kier molecular flexibility index (Phi) is 4.93. The van der Waals surface area contributed by atoms with E-state index in [0.29, 0.717) is 12.2 Å². The Labute approximate surface area is 102 Å². The molecule has 90 valence electrons. The summed E-state index contributed by atoms with van der Waals surface area (Å²) in [5.41, 5.74) is 2.13. The smallest absolute Gasteiger partial charge is 0.150 e. The summed E-state index contributed by atoms with van der Waals surface area (Å²) in [6.07, 6.45) is 4.53. The highest BCUT2D eigenvalue weighted by Crippen LogP contribution is 2.19. The zero-order chi connectivity index (χ0) is 12.1. The number of hydrogen-bond donors (Lipinski definition) is 1. The molecule has 0 aliphatic rings. The van der Waals surface area contributed by atoms with Crippen molar-refractivity contribution < 1.29 is 4.79 Å². The van der Waals surface area contributed by atoms with Crippen LogP contribution in [0.1, 0.15) is 19.4 Å². The van der Waals surface area contributed by atoms with Gasteiger partial charge in [-0.25, -0.2) is 0 Å². The summed E-state index contributed by atoms with van der Waals surface area (Å²) in [4.78, 5) is 11.9. The molecule has 0 saturated heterocycles. The maximum absolute atomic E-state index is 11.9. The highest BCUT2D eigenvalue weighted by molar-refractivity contribution is 8.00. The third-order valence-corrected chi connectivity index (χ3v) is 3.64. The van der Waals surface area contributed by atoms with Gasteiger partial charge in [-0.3, -0.25) is 4.79 Å². The summed E-state index contributed by atoms with van der Waals surface area (Å²) in [6, 6.07) is 0. The van der Waals surface area contributed by atoms with E-state index in [1.165, 1.54) is 0 Å². The first kappa shape index (κ1) is 13.2. The molecular formula is C12H20N2OS. The maximum atomic E-state index is 11.9. The minimum Gasteiger partial charge on any atom is -0.387 e. The van der Waals surface area contributed by atoms with Gasteiger partial charge in [0, 0.05) is 38.5 Å². The molecule has 1 aromatic heterocycles. The van der Waals surface area contributed by atoms with Gasteiger partial charge in [-0.2, -0.15) is 11.8 Å². The molecule has 0 saturated carbocycles. The van der Waals surface area contributed by atoms with Crippen molar-refractivity contribution in [3.8, 4) is 0 Å². The number of hydrogen-bond acceptors (Lipinski definition) is 3. The molecule has 0 radical (unpaired) electrons. The summed E-state index contributed by atoms with van der Waals surface area (Å²) >= 11 is 1.70. The summed E-state index contributed by atoms with van der Waals surface area (Å²) in [6.45, 7) is 4.06. The van der Waals surface area contributed by atoms with Crippen molar-refractivity contribution in [2.45, 2.75) is 25.5 Å². The first-order chi connectivity index (χ1) is 7.58. The Balaban J connectivity index is 2.68. The first-order valence-corrected chi connectivity index (χ1v) is 6.60. The minimum absolute atomic E-state index is 0.0925. The highest BCUT2D eigenvalue weighted by Gasteiger charge is 2.15. The molecule has 1 N–H and O–H groups in total. The lowest BCUT2D eigenvalue weighted by atomic mass is 10.1. The molecular weight excluding hydrogens is 220 g/mol. The van der Waals surface area contributed by atoms with E-state index >= 15 is 0 Å². The number of carbonyl (C=O) groups excluding carboxylic acids is 1. The third kappa shape index (κ3) is 3.30. The summed E-state index contributed by atoms with van der Waals surface area (Å²) in [5.74, 6) is 1.29. The van der Waals surface area contributed by atoms with Crippen LogP contribution in [0.3, 0.4) is 0 Å². The summed E-state index contributed by atoms with van der Waals surface area (Å²) in [7, 11) is 3.85. The minimum atomic E-state index is 0.0925. The molecule has 1 unspecified atom stereocenters. The largest absolute Gasteiger partial charge is 0.387 e. The fourth-order valence-electron chi connectivity index (χ4n) is 1.68.